The largest absolute Gasteiger partial charge is 0.339 e. The van der Waals surface area contributed by atoms with Crippen molar-refractivity contribution in [3.63, 3.8) is 0 Å². The van der Waals surface area contributed by atoms with Gasteiger partial charge in [-0.2, -0.15) is 4.98 Å². The summed E-state index contributed by atoms with van der Waals surface area (Å²) >= 11 is 0. The Kier molecular flexibility index (Phi) is 2.31. The van der Waals surface area contributed by atoms with E-state index in [1.54, 1.807) is 0 Å². The number of hydrogen-bond donors (Lipinski definition) is 1. The standard InChI is InChI=1S/C10H17N3O/c1-3-8-12-9(13-14-8)10(11)6-4-5-7(10)2/h7H,3-6,11H2,1-2H3. The Morgan fingerprint density at radius 3 is 2.93 bits per heavy atom. The van der Waals surface area contributed by atoms with Crippen LogP contribution in [0.2, 0.25) is 0 Å². The zero-order chi connectivity index (χ0) is 10.2. The lowest BCUT2D eigenvalue weighted by Crippen LogP contribution is -2.40. The molecule has 2 N–H and O–H groups in total. The molecule has 2 atom stereocenters. The number of hydrogen-bond acceptors (Lipinski definition) is 4. The fourth-order valence-corrected chi connectivity index (χ4v) is 2.12. The molecule has 1 fully saturated rings. The van der Waals surface area contributed by atoms with Crippen LogP contribution in [0.3, 0.4) is 0 Å². The average Bonchev–Trinajstić information content (AvgIpc) is 2.75. The highest BCUT2D eigenvalue weighted by Gasteiger charge is 2.41. The first kappa shape index (κ1) is 9.65. The molecule has 1 aromatic heterocycles. The van der Waals surface area contributed by atoms with Gasteiger partial charge in [0.1, 0.15) is 0 Å². The molecule has 0 aliphatic heterocycles. The smallest absolute Gasteiger partial charge is 0.226 e. The van der Waals surface area contributed by atoms with Gasteiger partial charge in [0.2, 0.25) is 5.89 Å². The van der Waals surface area contributed by atoms with E-state index in [0.717, 1.165) is 25.7 Å². The predicted molar refractivity (Wildman–Crippen MR) is 52.6 cm³/mol. The van der Waals surface area contributed by atoms with E-state index in [9.17, 15) is 0 Å². The third kappa shape index (κ3) is 1.34. The first-order chi connectivity index (χ1) is 6.66. The topological polar surface area (TPSA) is 64.9 Å². The molecule has 1 aromatic rings. The van der Waals surface area contributed by atoms with Crippen molar-refractivity contribution in [2.24, 2.45) is 11.7 Å². The Bertz CT molecular complexity index is 323. The van der Waals surface area contributed by atoms with Gasteiger partial charge < -0.3 is 10.3 Å². The van der Waals surface area contributed by atoms with Crippen LogP contribution in [0.4, 0.5) is 0 Å². The number of nitrogens with two attached hydrogens (primary N) is 1. The zero-order valence-corrected chi connectivity index (χ0v) is 8.79. The maximum atomic E-state index is 6.31. The molecule has 4 nitrogen and oxygen atoms in total. The summed E-state index contributed by atoms with van der Waals surface area (Å²) in [4.78, 5) is 4.33. The third-order valence-corrected chi connectivity index (χ3v) is 3.29. The molecule has 14 heavy (non-hydrogen) atoms. The summed E-state index contributed by atoms with van der Waals surface area (Å²) in [5.41, 5.74) is 5.96. The van der Waals surface area contributed by atoms with Crippen LogP contribution in [0.15, 0.2) is 4.52 Å². The van der Waals surface area contributed by atoms with Crippen LogP contribution in [0.1, 0.15) is 44.8 Å². The van der Waals surface area contributed by atoms with Crippen LogP contribution in [-0.4, -0.2) is 10.1 Å². The van der Waals surface area contributed by atoms with E-state index in [1.807, 2.05) is 6.92 Å². The van der Waals surface area contributed by atoms with Crippen molar-refractivity contribution in [1.82, 2.24) is 10.1 Å². The van der Waals surface area contributed by atoms with Crippen LogP contribution in [0.5, 0.6) is 0 Å². The molecule has 1 heterocycles. The van der Waals surface area contributed by atoms with Gasteiger partial charge in [0.25, 0.3) is 0 Å². The SMILES string of the molecule is CCc1nc(C2(N)CCCC2C)no1. The molecular formula is C10H17N3O. The number of nitrogens with zero attached hydrogens (tertiary/aromatic N) is 2. The maximum absolute atomic E-state index is 6.31. The summed E-state index contributed by atoms with van der Waals surface area (Å²) in [6.07, 6.45) is 4.06. The second-order valence-corrected chi connectivity index (χ2v) is 4.20. The minimum Gasteiger partial charge on any atom is -0.339 e. The highest BCUT2D eigenvalue weighted by atomic mass is 16.5. The Balaban J connectivity index is 2.28. The van der Waals surface area contributed by atoms with E-state index < -0.39 is 0 Å². The summed E-state index contributed by atoms with van der Waals surface area (Å²) < 4.78 is 5.10. The second-order valence-electron chi connectivity index (χ2n) is 4.20. The molecule has 2 unspecified atom stereocenters. The van der Waals surface area contributed by atoms with E-state index in [4.69, 9.17) is 10.3 Å². The summed E-state index contributed by atoms with van der Waals surface area (Å²) in [7, 11) is 0. The Hall–Kier alpha value is -0.900. The minimum absolute atomic E-state index is 0.350. The van der Waals surface area contributed by atoms with Crippen molar-refractivity contribution < 1.29 is 4.52 Å². The predicted octanol–water partition coefficient (Wildman–Crippen LogP) is 1.61. The van der Waals surface area contributed by atoms with Crippen molar-refractivity contribution >= 4 is 0 Å². The van der Waals surface area contributed by atoms with E-state index in [-0.39, 0.29) is 5.54 Å². The van der Waals surface area contributed by atoms with Gasteiger partial charge in [-0.05, 0) is 18.8 Å². The van der Waals surface area contributed by atoms with Gasteiger partial charge in [0, 0.05) is 6.42 Å². The molecule has 78 valence electrons. The summed E-state index contributed by atoms with van der Waals surface area (Å²) in [6, 6.07) is 0. The van der Waals surface area contributed by atoms with Gasteiger partial charge in [-0.3, -0.25) is 0 Å². The molecule has 0 radical (unpaired) electrons. The molecule has 1 saturated carbocycles. The first-order valence-electron chi connectivity index (χ1n) is 5.28. The van der Waals surface area contributed by atoms with Crippen molar-refractivity contribution in [1.29, 1.82) is 0 Å². The molecule has 0 amide bonds. The molecule has 0 aromatic carbocycles. The Morgan fingerprint density at radius 1 is 1.64 bits per heavy atom. The van der Waals surface area contributed by atoms with Gasteiger partial charge in [-0.1, -0.05) is 25.4 Å². The van der Waals surface area contributed by atoms with Crippen molar-refractivity contribution in [3.05, 3.63) is 11.7 Å². The first-order valence-corrected chi connectivity index (χ1v) is 5.28. The highest BCUT2D eigenvalue weighted by molar-refractivity contribution is 5.09. The van der Waals surface area contributed by atoms with Gasteiger partial charge in [0.15, 0.2) is 5.82 Å². The highest BCUT2D eigenvalue weighted by Crippen LogP contribution is 2.39. The van der Waals surface area contributed by atoms with Gasteiger partial charge in [-0.15, -0.1) is 0 Å². The lowest BCUT2D eigenvalue weighted by Gasteiger charge is -2.24. The number of aryl methyl sites for hydroxylation is 1. The fourth-order valence-electron chi connectivity index (χ4n) is 2.12. The normalized spacial score (nSPS) is 32.4. The lowest BCUT2D eigenvalue weighted by molar-refractivity contribution is 0.304. The molecule has 0 bridgehead atoms. The van der Waals surface area contributed by atoms with Gasteiger partial charge in [0.05, 0.1) is 5.54 Å². The zero-order valence-electron chi connectivity index (χ0n) is 8.79. The molecule has 2 rings (SSSR count). The van der Waals surface area contributed by atoms with Crippen LogP contribution >= 0.6 is 0 Å². The second kappa shape index (κ2) is 3.35. The van der Waals surface area contributed by atoms with Crippen LogP contribution in [0, 0.1) is 5.92 Å². The summed E-state index contributed by atoms with van der Waals surface area (Å²) in [5.74, 6) is 1.83. The molecule has 4 heteroatoms. The van der Waals surface area contributed by atoms with E-state index >= 15 is 0 Å². The molecule has 1 aliphatic rings. The monoisotopic (exact) mass is 195 g/mol. The van der Waals surface area contributed by atoms with E-state index in [0.29, 0.717) is 17.6 Å². The molecular weight excluding hydrogens is 178 g/mol. The average molecular weight is 195 g/mol. The van der Waals surface area contributed by atoms with Gasteiger partial charge in [-0.25, -0.2) is 0 Å². The molecule has 0 saturated heterocycles. The van der Waals surface area contributed by atoms with Crippen molar-refractivity contribution in [2.75, 3.05) is 0 Å². The van der Waals surface area contributed by atoms with Crippen LogP contribution < -0.4 is 5.73 Å². The summed E-state index contributed by atoms with van der Waals surface area (Å²) in [6.45, 7) is 4.16. The third-order valence-electron chi connectivity index (χ3n) is 3.29. The number of aromatic nitrogens is 2. The fraction of sp³-hybridized carbons (Fsp3) is 0.800. The van der Waals surface area contributed by atoms with Crippen LogP contribution in [-0.2, 0) is 12.0 Å². The Morgan fingerprint density at radius 2 is 2.43 bits per heavy atom. The van der Waals surface area contributed by atoms with Gasteiger partial charge >= 0.3 is 0 Å². The van der Waals surface area contributed by atoms with Crippen LogP contribution in [0.25, 0.3) is 0 Å². The lowest BCUT2D eigenvalue weighted by atomic mass is 9.89. The quantitative estimate of drug-likeness (QED) is 0.778. The van der Waals surface area contributed by atoms with E-state index in [1.165, 1.54) is 0 Å². The summed E-state index contributed by atoms with van der Waals surface area (Å²) in [5, 5.41) is 3.98. The van der Waals surface area contributed by atoms with E-state index in [2.05, 4.69) is 17.1 Å². The maximum Gasteiger partial charge on any atom is 0.226 e. The minimum atomic E-state index is -0.350. The van der Waals surface area contributed by atoms with Crippen molar-refractivity contribution in [3.8, 4) is 0 Å². The van der Waals surface area contributed by atoms with Crippen molar-refractivity contribution in [2.45, 2.75) is 45.1 Å². The number of rotatable bonds is 2. The molecule has 0 spiro atoms. The molecule has 1 aliphatic carbocycles. The Labute approximate surface area is 83.9 Å².